The Bertz CT molecular complexity index is 814. The number of aromatic nitrogens is 2. The maximum atomic E-state index is 12.7. The van der Waals surface area contributed by atoms with Crippen LogP contribution >= 0.6 is 23.6 Å². The first kappa shape index (κ1) is 15.9. The SMILES string of the molecule is Cc1sc2[nH]c(=S)n(C(C)C(=O)NC(C)C)c(=O)c2c1C. The number of fused-ring (bicyclic) bond motifs is 1. The van der Waals surface area contributed by atoms with E-state index < -0.39 is 6.04 Å². The Morgan fingerprint density at radius 1 is 1.33 bits per heavy atom. The van der Waals surface area contributed by atoms with Gasteiger partial charge in [-0.05, 0) is 52.4 Å². The standard InChI is InChI=1S/C14H19N3O2S2/c1-6(2)15-11(18)8(4)17-13(19)10-7(3)9(5)21-12(10)16-14(17)20/h6,8H,1-5H3,(H,15,18)(H,16,20). The fourth-order valence-electron chi connectivity index (χ4n) is 2.22. The van der Waals surface area contributed by atoms with E-state index in [0.29, 0.717) is 5.39 Å². The van der Waals surface area contributed by atoms with Gasteiger partial charge in [-0.15, -0.1) is 11.3 Å². The number of H-pyrrole nitrogens is 1. The van der Waals surface area contributed by atoms with E-state index in [4.69, 9.17) is 12.2 Å². The summed E-state index contributed by atoms with van der Waals surface area (Å²) in [5, 5.41) is 3.43. The molecule has 1 atom stereocenters. The number of hydrogen-bond donors (Lipinski definition) is 2. The van der Waals surface area contributed by atoms with Crippen molar-refractivity contribution in [3.63, 3.8) is 0 Å². The van der Waals surface area contributed by atoms with Crippen LogP contribution in [0.25, 0.3) is 10.2 Å². The number of carbonyl (C=O) groups excluding carboxylic acids is 1. The molecular formula is C14H19N3O2S2. The third kappa shape index (κ3) is 2.80. The van der Waals surface area contributed by atoms with Crippen molar-refractivity contribution >= 4 is 39.7 Å². The Balaban J connectivity index is 2.64. The molecule has 2 N–H and O–H groups in total. The lowest BCUT2D eigenvalue weighted by molar-refractivity contribution is -0.124. The summed E-state index contributed by atoms with van der Waals surface area (Å²) in [6.45, 7) is 9.32. The quantitative estimate of drug-likeness (QED) is 0.853. The highest BCUT2D eigenvalue weighted by atomic mass is 32.1. The van der Waals surface area contributed by atoms with Crippen LogP contribution in [0, 0.1) is 18.6 Å². The molecule has 0 spiro atoms. The minimum Gasteiger partial charge on any atom is -0.352 e. The van der Waals surface area contributed by atoms with Crippen LogP contribution in [0.1, 0.15) is 37.3 Å². The van der Waals surface area contributed by atoms with Crippen molar-refractivity contribution < 1.29 is 4.79 Å². The Kier molecular flexibility index (Phi) is 4.34. The molecule has 0 aliphatic rings. The molecule has 0 aromatic carbocycles. The Morgan fingerprint density at radius 2 is 1.95 bits per heavy atom. The van der Waals surface area contributed by atoms with Gasteiger partial charge in [-0.2, -0.15) is 0 Å². The first-order valence-electron chi connectivity index (χ1n) is 6.79. The molecule has 5 nitrogen and oxygen atoms in total. The lowest BCUT2D eigenvalue weighted by Gasteiger charge is -2.17. The van der Waals surface area contributed by atoms with Gasteiger partial charge in [0.25, 0.3) is 5.56 Å². The van der Waals surface area contributed by atoms with Crippen LogP contribution in [0.5, 0.6) is 0 Å². The van der Waals surface area contributed by atoms with Crippen LogP contribution in [-0.2, 0) is 4.79 Å². The van der Waals surface area contributed by atoms with E-state index in [-0.39, 0.29) is 22.3 Å². The van der Waals surface area contributed by atoms with Crippen molar-refractivity contribution in [1.29, 1.82) is 0 Å². The third-order valence-electron chi connectivity index (χ3n) is 3.45. The second-order valence-electron chi connectivity index (χ2n) is 5.43. The Labute approximate surface area is 132 Å². The average Bonchev–Trinajstić information content (AvgIpc) is 2.63. The Hall–Kier alpha value is -1.47. The molecule has 0 saturated carbocycles. The van der Waals surface area contributed by atoms with Crippen molar-refractivity contribution in [1.82, 2.24) is 14.9 Å². The summed E-state index contributed by atoms with van der Waals surface area (Å²) in [4.78, 5) is 29.8. The first-order valence-corrected chi connectivity index (χ1v) is 8.01. The van der Waals surface area contributed by atoms with Gasteiger partial charge < -0.3 is 10.3 Å². The van der Waals surface area contributed by atoms with Gasteiger partial charge in [0.15, 0.2) is 4.77 Å². The highest BCUT2D eigenvalue weighted by Gasteiger charge is 2.21. The van der Waals surface area contributed by atoms with Crippen LogP contribution in [0.3, 0.4) is 0 Å². The van der Waals surface area contributed by atoms with Crippen molar-refractivity contribution in [2.45, 2.75) is 46.7 Å². The molecule has 2 heterocycles. The van der Waals surface area contributed by atoms with Gasteiger partial charge in [0, 0.05) is 10.9 Å². The number of rotatable bonds is 3. The lowest BCUT2D eigenvalue weighted by atomic mass is 10.2. The molecule has 0 bridgehead atoms. The number of amides is 1. The zero-order valence-corrected chi connectivity index (χ0v) is 14.4. The summed E-state index contributed by atoms with van der Waals surface area (Å²) < 4.78 is 1.63. The molecule has 0 fully saturated rings. The topological polar surface area (TPSA) is 66.9 Å². The van der Waals surface area contributed by atoms with E-state index in [2.05, 4.69) is 10.3 Å². The summed E-state index contributed by atoms with van der Waals surface area (Å²) >= 11 is 6.77. The fourth-order valence-corrected chi connectivity index (χ4v) is 3.68. The van der Waals surface area contributed by atoms with Crippen LogP contribution < -0.4 is 10.9 Å². The monoisotopic (exact) mass is 325 g/mol. The van der Waals surface area contributed by atoms with Gasteiger partial charge >= 0.3 is 0 Å². The van der Waals surface area contributed by atoms with E-state index in [9.17, 15) is 9.59 Å². The number of hydrogen-bond acceptors (Lipinski definition) is 4. The first-order chi connectivity index (χ1) is 9.73. The van der Waals surface area contributed by atoms with Crippen LogP contribution in [0.2, 0.25) is 0 Å². The molecule has 2 rings (SSSR count). The smallest absolute Gasteiger partial charge is 0.264 e. The van der Waals surface area contributed by atoms with Gasteiger partial charge in [0.05, 0.1) is 5.39 Å². The number of aromatic amines is 1. The molecule has 1 amide bonds. The molecule has 0 saturated heterocycles. The minimum atomic E-state index is -0.646. The summed E-state index contributed by atoms with van der Waals surface area (Å²) in [5.74, 6) is -0.212. The maximum Gasteiger partial charge on any atom is 0.264 e. The fraction of sp³-hybridized carbons (Fsp3) is 0.500. The number of thiophene rings is 1. The highest BCUT2D eigenvalue weighted by molar-refractivity contribution is 7.71. The van der Waals surface area contributed by atoms with Gasteiger partial charge in [-0.3, -0.25) is 14.2 Å². The van der Waals surface area contributed by atoms with Gasteiger partial charge in [0.1, 0.15) is 10.9 Å². The normalized spacial score (nSPS) is 12.9. The summed E-state index contributed by atoms with van der Waals surface area (Å²) in [6, 6.07) is -0.630. The van der Waals surface area contributed by atoms with E-state index in [0.717, 1.165) is 15.3 Å². The second-order valence-corrected chi connectivity index (χ2v) is 7.04. The number of nitrogens with zero attached hydrogens (tertiary/aromatic N) is 1. The van der Waals surface area contributed by atoms with Gasteiger partial charge in [-0.1, -0.05) is 0 Å². The molecule has 114 valence electrons. The van der Waals surface area contributed by atoms with Crippen molar-refractivity contribution in [3.05, 3.63) is 25.6 Å². The number of nitrogens with one attached hydrogen (secondary N) is 2. The number of carbonyl (C=O) groups is 1. The summed E-state index contributed by atoms with van der Waals surface area (Å²) in [5.41, 5.74) is 0.735. The Morgan fingerprint density at radius 3 is 2.52 bits per heavy atom. The van der Waals surface area contributed by atoms with E-state index in [1.54, 1.807) is 6.92 Å². The van der Waals surface area contributed by atoms with Crippen LogP contribution in [0.4, 0.5) is 0 Å². The number of aryl methyl sites for hydroxylation is 2. The zero-order valence-electron chi connectivity index (χ0n) is 12.7. The summed E-state index contributed by atoms with van der Waals surface area (Å²) in [7, 11) is 0. The molecule has 0 aliphatic carbocycles. The third-order valence-corrected chi connectivity index (χ3v) is 4.88. The van der Waals surface area contributed by atoms with Gasteiger partial charge in [-0.25, -0.2) is 0 Å². The molecule has 2 aromatic heterocycles. The van der Waals surface area contributed by atoms with Crippen molar-refractivity contribution in [3.8, 4) is 0 Å². The average molecular weight is 325 g/mol. The molecule has 21 heavy (non-hydrogen) atoms. The molecule has 1 unspecified atom stereocenters. The zero-order chi connectivity index (χ0) is 15.9. The minimum absolute atomic E-state index is 0.0158. The van der Waals surface area contributed by atoms with Crippen molar-refractivity contribution in [2.24, 2.45) is 0 Å². The molecule has 0 radical (unpaired) electrons. The van der Waals surface area contributed by atoms with Crippen LogP contribution in [0.15, 0.2) is 4.79 Å². The predicted octanol–water partition coefficient (Wildman–Crippen LogP) is 2.82. The van der Waals surface area contributed by atoms with Crippen LogP contribution in [-0.4, -0.2) is 21.5 Å². The lowest BCUT2D eigenvalue weighted by Crippen LogP contribution is -2.39. The van der Waals surface area contributed by atoms with E-state index >= 15 is 0 Å². The highest BCUT2D eigenvalue weighted by Crippen LogP contribution is 2.26. The maximum absolute atomic E-state index is 12.7. The second kappa shape index (κ2) is 5.73. The molecular weight excluding hydrogens is 306 g/mol. The van der Waals surface area contributed by atoms with Crippen molar-refractivity contribution in [2.75, 3.05) is 0 Å². The largest absolute Gasteiger partial charge is 0.352 e. The molecule has 0 aliphatic heterocycles. The van der Waals surface area contributed by atoms with E-state index in [1.807, 2.05) is 27.7 Å². The molecule has 7 heteroatoms. The molecule has 2 aromatic rings. The predicted molar refractivity (Wildman–Crippen MR) is 88.7 cm³/mol. The van der Waals surface area contributed by atoms with Gasteiger partial charge in [0.2, 0.25) is 5.91 Å². The summed E-state index contributed by atoms with van der Waals surface area (Å²) in [6.07, 6.45) is 0. The van der Waals surface area contributed by atoms with E-state index in [1.165, 1.54) is 15.9 Å².